The lowest BCUT2D eigenvalue weighted by Crippen LogP contribution is -2.30. The molecule has 1 N–H and O–H groups in total. The normalized spacial score (nSPS) is 18.3. The summed E-state index contributed by atoms with van der Waals surface area (Å²) in [5.74, 6) is 1.01. The number of unbranched alkanes of at least 4 members (excludes halogenated alkanes) is 1. The molecule has 1 rings (SSSR count). The first kappa shape index (κ1) is 11.0. The van der Waals surface area contributed by atoms with Crippen molar-refractivity contribution in [2.45, 2.75) is 43.9 Å². The molecule has 0 aromatic rings. The molecule has 0 aromatic heterocycles. The van der Waals surface area contributed by atoms with Crippen LogP contribution in [0.2, 0.25) is 0 Å². The lowest BCUT2D eigenvalue weighted by molar-refractivity contribution is -0.121. The summed E-state index contributed by atoms with van der Waals surface area (Å²) in [5, 5.41) is 2.95. The van der Waals surface area contributed by atoms with Crippen molar-refractivity contribution in [1.82, 2.24) is 5.32 Å². The molecule has 1 aliphatic rings. The van der Waals surface area contributed by atoms with E-state index in [4.69, 9.17) is 0 Å². The Kier molecular flexibility index (Phi) is 4.78. The number of hydrogen-bond acceptors (Lipinski definition) is 1. The Labute approximate surface area is 88.6 Å². The van der Waals surface area contributed by atoms with Crippen LogP contribution in [-0.4, -0.2) is 17.3 Å². The Hall–Kier alpha value is -0.0500. The highest BCUT2D eigenvalue weighted by Crippen LogP contribution is 2.36. The van der Waals surface area contributed by atoms with Gasteiger partial charge in [0.05, 0.1) is 0 Å². The van der Waals surface area contributed by atoms with E-state index in [0.717, 1.165) is 25.3 Å². The molecule has 1 aliphatic carbocycles. The van der Waals surface area contributed by atoms with Crippen LogP contribution in [-0.2, 0) is 4.79 Å². The fraction of sp³-hybridized carbons (Fsp3) is 0.900. The number of halogens is 1. The van der Waals surface area contributed by atoms with Gasteiger partial charge >= 0.3 is 0 Å². The molecule has 3 heteroatoms. The van der Waals surface area contributed by atoms with E-state index in [1.807, 2.05) is 0 Å². The SMILES string of the molecule is CCCCC(=O)NCC(Br)C1CC1. The van der Waals surface area contributed by atoms with E-state index in [2.05, 4.69) is 28.2 Å². The molecule has 0 bridgehead atoms. The number of rotatable bonds is 6. The van der Waals surface area contributed by atoms with Gasteiger partial charge in [0.25, 0.3) is 0 Å². The van der Waals surface area contributed by atoms with E-state index >= 15 is 0 Å². The quantitative estimate of drug-likeness (QED) is 0.719. The molecule has 76 valence electrons. The van der Waals surface area contributed by atoms with Gasteiger partial charge in [-0.15, -0.1) is 0 Å². The summed E-state index contributed by atoms with van der Waals surface area (Å²) in [6.07, 6.45) is 5.42. The third-order valence-corrected chi connectivity index (χ3v) is 3.46. The predicted octanol–water partition coefficient (Wildman–Crippen LogP) is 2.47. The van der Waals surface area contributed by atoms with Crippen LogP contribution in [0.3, 0.4) is 0 Å². The van der Waals surface area contributed by atoms with Gasteiger partial charge in [-0.3, -0.25) is 4.79 Å². The average Bonchev–Trinajstić information content (AvgIpc) is 2.93. The molecule has 0 aromatic carbocycles. The van der Waals surface area contributed by atoms with Gasteiger partial charge in [0.15, 0.2) is 0 Å². The lowest BCUT2D eigenvalue weighted by atomic mass is 10.2. The molecule has 0 radical (unpaired) electrons. The molecule has 13 heavy (non-hydrogen) atoms. The van der Waals surface area contributed by atoms with E-state index in [0.29, 0.717) is 11.2 Å². The highest BCUT2D eigenvalue weighted by molar-refractivity contribution is 9.09. The molecule has 1 amide bonds. The van der Waals surface area contributed by atoms with Gasteiger partial charge in [-0.05, 0) is 25.2 Å². The lowest BCUT2D eigenvalue weighted by Gasteiger charge is -2.09. The van der Waals surface area contributed by atoms with E-state index in [9.17, 15) is 4.79 Å². The van der Waals surface area contributed by atoms with Gasteiger partial charge in [0, 0.05) is 17.8 Å². The molecular weight excluding hydrogens is 230 g/mol. The first-order chi connectivity index (χ1) is 6.24. The zero-order chi connectivity index (χ0) is 9.68. The fourth-order valence-electron chi connectivity index (χ4n) is 1.26. The summed E-state index contributed by atoms with van der Waals surface area (Å²) in [4.78, 5) is 11.7. The van der Waals surface area contributed by atoms with Gasteiger partial charge in [0.1, 0.15) is 0 Å². The second kappa shape index (κ2) is 5.63. The number of alkyl halides is 1. The van der Waals surface area contributed by atoms with Crippen molar-refractivity contribution < 1.29 is 4.79 Å². The van der Waals surface area contributed by atoms with Crippen molar-refractivity contribution in [3.8, 4) is 0 Å². The second-order valence-electron chi connectivity index (χ2n) is 3.76. The molecule has 1 unspecified atom stereocenters. The maximum absolute atomic E-state index is 11.2. The summed E-state index contributed by atoms with van der Waals surface area (Å²) in [7, 11) is 0. The molecule has 1 saturated carbocycles. The van der Waals surface area contributed by atoms with Gasteiger partial charge < -0.3 is 5.32 Å². The summed E-state index contributed by atoms with van der Waals surface area (Å²) in [6, 6.07) is 0. The van der Waals surface area contributed by atoms with Gasteiger partial charge in [-0.2, -0.15) is 0 Å². The van der Waals surface area contributed by atoms with Crippen LogP contribution in [0.5, 0.6) is 0 Å². The van der Waals surface area contributed by atoms with E-state index in [1.165, 1.54) is 12.8 Å². The van der Waals surface area contributed by atoms with Crippen molar-refractivity contribution in [3.63, 3.8) is 0 Å². The summed E-state index contributed by atoms with van der Waals surface area (Å²) in [5.41, 5.74) is 0. The molecule has 0 spiro atoms. The maximum Gasteiger partial charge on any atom is 0.220 e. The first-order valence-electron chi connectivity index (χ1n) is 5.14. The zero-order valence-corrected chi connectivity index (χ0v) is 9.77. The number of amides is 1. The summed E-state index contributed by atoms with van der Waals surface area (Å²) >= 11 is 3.59. The Morgan fingerprint density at radius 3 is 2.85 bits per heavy atom. The first-order valence-corrected chi connectivity index (χ1v) is 6.06. The van der Waals surface area contributed by atoms with Gasteiger partial charge in [0.2, 0.25) is 5.91 Å². The maximum atomic E-state index is 11.2. The Morgan fingerprint density at radius 2 is 2.31 bits per heavy atom. The van der Waals surface area contributed by atoms with Gasteiger partial charge in [-0.25, -0.2) is 0 Å². The standard InChI is InChI=1S/C10H18BrNO/c1-2-3-4-10(13)12-7-9(11)8-5-6-8/h8-9H,2-7H2,1H3,(H,12,13). The van der Waals surface area contributed by atoms with Gasteiger partial charge in [-0.1, -0.05) is 29.3 Å². The molecule has 1 atom stereocenters. The Balaban J connectivity index is 2.00. The van der Waals surface area contributed by atoms with Crippen LogP contribution in [0.1, 0.15) is 39.0 Å². The number of carbonyl (C=O) groups excluding carboxylic acids is 1. The monoisotopic (exact) mass is 247 g/mol. The van der Waals surface area contributed by atoms with Crippen molar-refractivity contribution in [3.05, 3.63) is 0 Å². The van der Waals surface area contributed by atoms with Crippen LogP contribution >= 0.6 is 15.9 Å². The molecule has 0 aliphatic heterocycles. The molecule has 2 nitrogen and oxygen atoms in total. The summed E-state index contributed by atoms with van der Waals surface area (Å²) < 4.78 is 0. The highest BCUT2D eigenvalue weighted by atomic mass is 79.9. The number of nitrogens with one attached hydrogen (secondary N) is 1. The van der Waals surface area contributed by atoms with Crippen LogP contribution < -0.4 is 5.32 Å². The minimum absolute atomic E-state index is 0.201. The second-order valence-corrected chi connectivity index (χ2v) is 4.94. The topological polar surface area (TPSA) is 29.1 Å². The van der Waals surface area contributed by atoms with Crippen molar-refractivity contribution >= 4 is 21.8 Å². The predicted molar refractivity (Wildman–Crippen MR) is 58.0 cm³/mol. The van der Waals surface area contributed by atoms with Crippen molar-refractivity contribution in [2.24, 2.45) is 5.92 Å². The van der Waals surface area contributed by atoms with Crippen molar-refractivity contribution in [2.75, 3.05) is 6.54 Å². The van der Waals surface area contributed by atoms with Crippen molar-refractivity contribution in [1.29, 1.82) is 0 Å². The fourth-order valence-corrected chi connectivity index (χ4v) is 1.95. The highest BCUT2D eigenvalue weighted by Gasteiger charge is 2.29. The Morgan fingerprint density at radius 1 is 1.62 bits per heavy atom. The number of hydrogen-bond donors (Lipinski definition) is 1. The minimum atomic E-state index is 0.201. The van der Waals surface area contributed by atoms with Crippen LogP contribution in [0.4, 0.5) is 0 Å². The molecule has 1 fully saturated rings. The number of carbonyl (C=O) groups is 1. The van der Waals surface area contributed by atoms with E-state index in [-0.39, 0.29) is 5.91 Å². The van der Waals surface area contributed by atoms with E-state index < -0.39 is 0 Å². The zero-order valence-electron chi connectivity index (χ0n) is 8.18. The van der Waals surface area contributed by atoms with Crippen LogP contribution in [0.25, 0.3) is 0 Å². The smallest absolute Gasteiger partial charge is 0.220 e. The third kappa shape index (κ3) is 4.65. The third-order valence-electron chi connectivity index (χ3n) is 2.39. The van der Waals surface area contributed by atoms with Crippen LogP contribution in [0, 0.1) is 5.92 Å². The summed E-state index contributed by atoms with van der Waals surface area (Å²) in [6.45, 7) is 2.90. The molecule has 0 heterocycles. The molecular formula is C10H18BrNO. The average molecular weight is 248 g/mol. The molecule has 0 saturated heterocycles. The minimum Gasteiger partial charge on any atom is -0.355 e. The Bertz CT molecular complexity index is 168. The largest absolute Gasteiger partial charge is 0.355 e. The van der Waals surface area contributed by atoms with Crippen LogP contribution in [0.15, 0.2) is 0 Å². The van der Waals surface area contributed by atoms with E-state index in [1.54, 1.807) is 0 Å².